The van der Waals surface area contributed by atoms with Crippen molar-refractivity contribution in [3.05, 3.63) is 24.0 Å². The van der Waals surface area contributed by atoms with Gasteiger partial charge in [0.25, 0.3) is 0 Å². The molecule has 23 heavy (non-hydrogen) atoms. The Morgan fingerprint density at radius 1 is 1.39 bits per heavy atom. The number of anilines is 2. The maximum Gasteiger partial charge on any atom is 0.226 e. The predicted octanol–water partition coefficient (Wildman–Crippen LogP) is 2.33. The van der Waals surface area contributed by atoms with E-state index in [9.17, 15) is 9.18 Å². The number of rotatable bonds is 6. The van der Waals surface area contributed by atoms with E-state index in [1.807, 2.05) is 0 Å². The van der Waals surface area contributed by atoms with Gasteiger partial charge in [-0.3, -0.25) is 4.79 Å². The van der Waals surface area contributed by atoms with Crippen molar-refractivity contribution in [2.45, 2.75) is 25.3 Å². The van der Waals surface area contributed by atoms with Crippen molar-refractivity contribution in [1.82, 2.24) is 4.90 Å². The van der Waals surface area contributed by atoms with Crippen molar-refractivity contribution in [2.24, 2.45) is 0 Å². The van der Waals surface area contributed by atoms with Crippen molar-refractivity contribution >= 4 is 17.3 Å². The predicted molar refractivity (Wildman–Crippen MR) is 90.4 cm³/mol. The molecule has 0 bridgehead atoms. The molecule has 1 aliphatic heterocycles. The fourth-order valence-electron chi connectivity index (χ4n) is 2.88. The monoisotopic (exact) mass is 323 g/mol. The molecule has 0 saturated carbocycles. The zero-order valence-electron chi connectivity index (χ0n) is 14.1. The summed E-state index contributed by atoms with van der Waals surface area (Å²) in [6.07, 6.45) is 2.32. The Morgan fingerprint density at radius 2 is 2.09 bits per heavy atom. The molecule has 6 heteroatoms. The molecule has 0 radical (unpaired) electrons. The van der Waals surface area contributed by atoms with E-state index >= 15 is 0 Å². The van der Waals surface area contributed by atoms with Crippen LogP contribution in [0.3, 0.4) is 0 Å². The van der Waals surface area contributed by atoms with Crippen LogP contribution >= 0.6 is 0 Å². The highest BCUT2D eigenvalue weighted by Crippen LogP contribution is 2.26. The lowest BCUT2D eigenvalue weighted by Crippen LogP contribution is -2.42. The maximum absolute atomic E-state index is 14.4. The molecule has 1 heterocycles. The summed E-state index contributed by atoms with van der Waals surface area (Å²) in [7, 11) is 5.71. The minimum absolute atomic E-state index is 0.175. The van der Waals surface area contributed by atoms with Gasteiger partial charge in [0, 0.05) is 31.9 Å². The Morgan fingerprint density at radius 3 is 2.65 bits per heavy atom. The largest absolute Gasteiger partial charge is 0.384 e. The van der Waals surface area contributed by atoms with Crippen LogP contribution < -0.4 is 10.2 Å². The number of nitrogens with zero attached hydrogens (tertiary/aromatic N) is 2. The molecule has 0 aromatic heterocycles. The molecule has 1 fully saturated rings. The molecule has 5 nitrogen and oxygen atoms in total. The second-order valence-corrected chi connectivity index (χ2v) is 6.14. The number of benzene rings is 1. The van der Waals surface area contributed by atoms with Crippen LogP contribution in [0.5, 0.6) is 0 Å². The summed E-state index contributed by atoms with van der Waals surface area (Å²) in [5.74, 6) is -0.469. The van der Waals surface area contributed by atoms with Crippen LogP contribution in [0.25, 0.3) is 0 Å². The van der Waals surface area contributed by atoms with Gasteiger partial charge in [-0.05, 0) is 45.1 Å². The van der Waals surface area contributed by atoms with Gasteiger partial charge in [0.15, 0.2) is 0 Å². The highest BCUT2D eigenvalue weighted by atomic mass is 19.1. The first kappa shape index (κ1) is 17.7. The second-order valence-electron chi connectivity index (χ2n) is 6.14. The molecule has 128 valence electrons. The van der Waals surface area contributed by atoms with Crippen LogP contribution in [0.15, 0.2) is 18.2 Å². The third kappa shape index (κ3) is 4.91. The number of ether oxygens (including phenoxy) is 1. The van der Waals surface area contributed by atoms with E-state index < -0.39 is 0 Å². The first-order chi connectivity index (χ1) is 11.0. The standard InChI is InChI=1S/C17H26FN3O2/c1-20(2)14-6-9-21(10-7-14)16-5-4-13(12-15(16)18)19-17(22)8-11-23-3/h4-5,12,14H,6-11H2,1-3H3,(H,19,22). The number of halogens is 1. The molecule has 1 saturated heterocycles. The van der Waals surface area contributed by atoms with Crippen molar-refractivity contribution < 1.29 is 13.9 Å². The number of methoxy groups -OCH3 is 1. The summed E-state index contributed by atoms with van der Waals surface area (Å²) in [6, 6.07) is 5.45. The van der Waals surface area contributed by atoms with E-state index in [-0.39, 0.29) is 18.1 Å². The topological polar surface area (TPSA) is 44.8 Å². The number of nitrogens with one attached hydrogen (secondary N) is 1. The van der Waals surface area contributed by atoms with Gasteiger partial charge < -0.3 is 19.9 Å². The Bertz CT molecular complexity index is 529. The summed E-state index contributed by atoms with van der Waals surface area (Å²) in [5.41, 5.74) is 1.09. The smallest absolute Gasteiger partial charge is 0.226 e. The normalized spacial score (nSPS) is 16.0. The van der Waals surface area contributed by atoms with Crippen molar-refractivity contribution in [1.29, 1.82) is 0 Å². The fourth-order valence-corrected chi connectivity index (χ4v) is 2.88. The summed E-state index contributed by atoms with van der Waals surface area (Å²) in [4.78, 5) is 15.9. The summed E-state index contributed by atoms with van der Waals surface area (Å²) in [5, 5.41) is 2.69. The molecule has 0 spiro atoms. The number of hydrogen-bond donors (Lipinski definition) is 1. The number of carbonyl (C=O) groups excluding carboxylic acids is 1. The molecular weight excluding hydrogens is 297 g/mol. The number of piperidine rings is 1. The van der Waals surface area contributed by atoms with E-state index in [4.69, 9.17) is 4.74 Å². The summed E-state index contributed by atoms with van der Waals surface area (Å²) >= 11 is 0. The van der Waals surface area contributed by atoms with Gasteiger partial charge in [0.05, 0.1) is 18.7 Å². The average Bonchev–Trinajstić information content (AvgIpc) is 2.53. The highest BCUT2D eigenvalue weighted by molar-refractivity contribution is 5.91. The second kappa shape index (κ2) is 8.26. The first-order valence-electron chi connectivity index (χ1n) is 8.01. The van der Waals surface area contributed by atoms with Gasteiger partial charge in [0.2, 0.25) is 5.91 Å². The van der Waals surface area contributed by atoms with Gasteiger partial charge in [-0.1, -0.05) is 0 Å². The van der Waals surface area contributed by atoms with Crippen LogP contribution in [0.4, 0.5) is 15.8 Å². The average molecular weight is 323 g/mol. The fraction of sp³-hybridized carbons (Fsp3) is 0.588. The molecule has 1 amide bonds. The highest BCUT2D eigenvalue weighted by Gasteiger charge is 2.22. The van der Waals surface area contributed by atoms with Crippen LogP contribution in [0.2, 0.25) is 0 Å². The zero-order valence-corrected chi connectivity index (χ0v) is 14.1. The zero-order chi connectivity index (χ0) is 16.8. The molecule has 1 aromatic carbocycles. The van der Waals surface area contributed by atoms with E-state index in [1.54, 1.807) is 19.2 Å². The Hall–Kier alpha value is -1.66. The SMILES string of the molecule is COCCC(=O)Nc1ccc(N2CCC(N(C)C)CC2)c(F)c1. The Kier molecular flexibility index (Phi) is 6.36. The minimum atomic E-state index is -0.294. The lowest BCUT2D eigenvalue weighted by atomic mass is 10.0. The van der Waals surface area contributed by atoms with Gasteiger partial charge in [-0.2, -0.15) is 0 Å². The molecule has 2 rings (SSSR count). The van der Waals surface area contributed by atoms with Gasteiger partial charge in [-0.25, -0.2) is 4.39 Å². The van der Waals surface area contributed by atoms with Gasteiger partial charge in [-0.15, -0.1) is 0 Å². The van der Waals surface area contributed by atoms with Crippen molar-refractivity contribution in [2.75, 3.05) is 51.1 Å². The van der Waals surface area contributed by atoms with E-state index in [2.05, 4.69) is 29.2 Å². The summed E-state index contributed by atoms with van der Waals surface area (Å²) in [6.45, 7) is 2.05. The van der Waals surface area contributed by atoms with E-state index in [1.165, 1.54) is 6.07 Å². The van der Waals surface area contributed by atoms with E-state index in [0.29, 0.717) is 24.0 Å². The number of hydrogen-bond acceptors (Lipinski definition) is 4. The molecule has 0 aliphatic carbocycles. The number of carbonyl (C=O) groups is 1. The Labute approximate surface area is 137 Å². The van der Waals surface area contributed by atoms with Crippen LogP contribution in [-0.2, 0) is 9.53 Å². The molecule has 1 N–H and O–H groups in total. The van der Waals surface area contributed by atoms with Gasteiger partial charge in [0.1, 0.15) is 5.82 Å². The van der Waals surface area contributed by atoms with Crippen molar-refractivity contribution in [3.63, 3.8) is 0 Å². The summed E-state index contributed by atoms with van der Waals surface area (Å²) < 4.78 is 19.2. The third-order valence-corrected chi connectivity index (χ3v) is 4.30. The third-order valence-electron chi connectivity index (χ3n) is 4.30. The lowest BCUT2D eigenvalue weighted by Gasteiger charge is -2.36. The quantitative estimate of drug-likeness (QED) is 0.873. The number of amides is 1. The minimum Gasteiger partial charge on any atom is -0.384 e. The van der Waals surface area contributed by atoms with Crippen LogP contribution in [-0.4, -0.2) is 57.8 Å². The van der Waals surface area contributed by atoms with Crippen molar-refractivity contribution in [3.8, 4) is 0 Å². The molecule has 0 unspecified atom stereocenters. The Balaban J connectivity index is 1.96. The molecular formula is C17H26FN3O2. The van der Waals surface area contributed by atoms with Crippen LogP contribution in [0, 0.1) is 5.82 Å². The first-order valence-corrected chi connectivity index (χ1v) is 8.01. The maximum atomic E-state index is 14.4. The molecule has 1 aliphatic rings. The molecule has 0 atom stereocenters. The van der Waals surface area contributed by atoms with Gasteiger partial charge >= 0.3 is 0 Å². The lowest BCUT2D eigenvalue weighted by molar-refractivity contribution is -0.117. The molecule has 1 aromatic rings. The van der Waals surface area contributed by atoms with Crippen LogP contribution in [0.1, 0.15) is 19.3 Å². The van der Waals surface area contributed by atoms with E-state index in [0.717, 1.165) is 25.9 Å².